The lowest BCUT2D eigenvalue weighted by Gasteiger charge is -2.35. The van der Waals surface area contributed by atoms with E-state index < -0.39 is 6.04 Å². The quantitative estimate of drug-likeness (QED) is 0.783. The molecule has 1 aliphatic carbocycles. The molecule has 21 heavy (non-hydrogen) atoms. The van der Waals surface area contributed by atoms with E-state index in [4.69, 9.17) is 0 Å². The van der Waals surface area contributed by atoms with Crippen molar-refractivity contribution in [3.05, 3.63) is 46.8 Å². The Balaban J connectivity index is 1.94. The van der Waals surface area contributed by atoms with Crippen LogP contribution in [0.3, 0.4) is 0 Å². The minimum absolute atomic E-state index is 0.141. The minimum atomic E-state index is -0.415. The molecule has 3 rings (SSSR count). The SMILES string of the molecule is CC1=C(C)CN(C(C(=O)C2CC2)c2ccccc2F)CC1. The van der Waals surface area contributed by atoms with Gasteiger partial charge in [-0.15, -0.1) is 0 Å². The van der Waals surface area contributed by atoms with Crippen molar-refractivity contribution in [2.75, 3.05) is 13.1 Å². The van der Waals surface area contributed by atoms with Gasteiger partial charge < -0.3 is 0 Å². The monoisotopic (exact) mass is 287 g/mol. The fraction of sp³-hybridized carbons (Fsp3) is 0.500. The molecule has 0 radical (unpaired) electrons. The first kappa shape index (κ1) is 14.5. The number of halogens is 1. The molecule has 1 fully saturated rings. The van der Waals surface area contributed by atoms with Crippen molar-refractivity contribution < 1.29 is 9.18 Å². The zero-order chi connectivity index (χ0) is 15.0. The number of benzene rings is 1. The van der Waals surface area contributed by atoms with E-state index in [0.29, 0.717) is 5.56 Å². The summed E-state index contributed by atoms with van der Waals surface area (Å²) in [6, 6.07) is 6.31. The standard InChI is InChI=1S/C18H22FNO/c1-12-9-10-20(11-13(12)2)17(18(21)14-7-8-14)15-5-3-4-6-16(15)19/h3-6,14,17H,7-11H2,1-2H3. The molecule has 1 unspecified atom stereocenters. The van der Waals surface area contributed by atoms with Crippen LogP contribution in [0.1, 0.15) is 44.7 Å². The van der Waals surface area contributed by atoms with E-state index in [-0.39, 0.29) is 17.5 Å². The molecule has 0 amide bonds. The van der Waals surface area contributed by atoms with E-state index in [1.54, 1.807) is 12.1 Å². The predicted molar refractivity (Wildman–Crippen MR) is 81.4 cm³/mol. The maximum atomic E-state index is 14.2. The van der Waals surface area contributed by atoms with Crippen molar-refractivity contribution in [2.24, 2.45) is 5.92 Å². The van der Waals surface area contributed by atoms with Gasteiger partial charge in [-0.3, -0.25) is 9.69 Å². The van der Waals surface area contributed by atoms with E-state index in [2.05, 4.69) is 18.7 Å². The molecule has 1 aromatic carbocycles. The molecule has 2 nitrogen and oxygen atoms in total. The maximum Gasteiger partial charge on any atom is 0.157 e. The highest BCUT2D eigenvalue weighted by Crippen LogP contribution is 2.39. The van der Waals surface area contributed by atoms with Gasteiger partial charge in [0.05, 0.1) is 6.04 Å². The summed E-state index contributed by atoms with van der Waals surface area (Å²) >= 11 is 0. The van der Waals surface area contributed by atoms with Gasteiger partial charge in [0.25, 0.3) is 0 Å². The van der Waals surface area contributed by atoms with Gasteiger partial charge in [0, 0.05) is 24.6 Å². The first-order valence-electron chi connectivity index (χ1n) is 7.75. The van der Waals surface area contributed by atoms with Crippen LogP contribution in [0.15, 0.2) is 35.4 Å². The second-order valence-corrected chi connectivity index (χ2v) is 6.38. The van der Waals surface area contributed by atoms with E-state index in [0.717, 1.165) is 32.4 Å². The van der Waals surface area contributed by atoms with Gasteiger partial charge >= 0.3 is 0 Å². The molecule has 1 aliphatic heterocycles. The Morgan fingerprint density at radius 2 is 1.95 bits per heavy atom. The van der Waals surface area contributed by atoms with Crippen molar-refractivity contribution in [1.82, 2.24) is 4.90 Å². The van der Waals surface area contributed by atoms with Gasteiger partial charge in [-0.25, -0.2) is 4.39 Å². The number of nitrogens with zero attached hydrogens (tertiary/aromatic N) is 1. The van der Waals surface area contributed by atoms with Crippen LogP contribution in [0.4, 0.5) is 4.39 Å². The van der Waals surface area contributed by atoms with Crippen LogP contribution in [0, 0.1) is 11.7 Å². The fourth-order valence-electron chi connectivity index (χ4n) is 3.08. The number of carbonyl (C=O) groups excluding carboxylic acids is 1. The molecule has 1 aromatic rings. The molecule has 3 heteroatoms. The number of rotatable bonds is 4. The summed E-state index contributed by atoms with van der Waals surface area (Å²) in [4.78, 5) is 14.9. The van der Waals surface area contributed by atoms with Crippen LogP contribution in [0.25, 0.3) is 0 Å². The summed E-state index contributed by atoms with van der Waals surface area (Å²) in [5, 5.41) is 0. The molecule has 0 bridgehead atoms. The van der Waals surface area contributed by atoms with Crippen molar-refractivity contribution in [3.8, 4) is 0 Å². The van der Waals surface area contributed by atoms with Gasteiger partial charge in [0.15, 0.2) is 5.78 Å². The Morgan fingerprint density at radius 1 is 1.24 bits per heavy atom. The lowest BCUT2D eigenvalue weighted by Crippen LogP contribution is -2.39. The third kappa shape index (κ3) is 2.93. The smallest absolute Gasteiger partial charge is 0.157 e. The van der Waals surface area contributed by atoms with E-state index >= 15 is 0 Å². The van der Waals surface area contributed by atoms with Crippen molar-refractivity contribution >= 4 is 5.78 Å². The Morgan fingerprint density at radius 3 is 2.57 bits per heavy atom. The molecular weight excluding hydrogens is 265 g/mol. The molecule has 1 heterocycles. The number of carbonyl (C=O) groups is 1. The highest BCUT2D eigenvalue weighted by Gasteiger charge is 2.39. The zero-order valence-corrected chi connectivity index (χ0v) is 12.7. The highest BCUT2D eigenvalue weighted by molar-refractivity contribution is 5.89. The Hall–Kier alpha value is -1.48. The van der Waals surface area contributed by atoms with E-state index in [1.165, 1.54) is 17.2 Å². The zero-order valence-electron chi connectivity index (χ0n) is 12.7. The second kappa shape index (κ2) is 5.72. The van der Waals surface area contributed by atoms with Crippen molar-refractivity contribution in [2.45, 2.75) is 39.2 Å². The van der Waals surface area contributed by atoms with Gasteiger partial charge in [-0.1, -0.05) is 29.3 Å². The third-order valence-electron chi connectivity index (χ3n) is 4.76. The van der Waals surface area contributed by atoms with Crippen LogP contribution < -0.4 is 0 Å². The first-order valence-corrected chi connectivity index (χ1v) is 7.75. The van der Waals surface area contributed by atoms with Gasteiger partial charge in [-0.05, 0) is 39.2 Å². The normalized spacial score (nSPS) is 21.5. The first-order chi connectivity index (χ1) is 10.1. The van der Waals surface area contributed by atoms with Crippen LogP contribution >= 0.6 is 0 Å². The Labute approximate surface area is 125 Å². The van der Waals surface area contributed by atoms with Gasteiger partial charge in [0.1, 0.15) is 5.82 Å². The summed E-state index contributed by atoms with van der Waals surface area (Å²) in [6.07, 6.45) is 2.89. The number of hydrogen-bond donors (Lipinski definition) is 0. The Kier molecular flexibility index (Phi) is 3.94. The lowest BCUT2D eigenvalue weighted by molar-refractivity contribution is -0.125. The fourth-order valence-corrected chi connectivity index (χ4v) is 3.08. The predicted octanol–water partition coefficient (Wildman–Crippen LogP) is 3.89. The highest BCUT2D eigenvalue weighted by atomic mass is 19.1. The van der Waals surface area contributed by atoms with Crippen molar-refractivity contribution in [3.63, 3.8) is 0 Å². The van der Waals surface area contributed by atoms with Gasteiger partial charge in [-0.2, -0.15) is 0 Å². The number of hydrogen-bond acceptors (Lipinski definition) is 2. The Bertz CT molecular complexity index is 589. The summed E-state index contributed by atoms with van der Waals surface area (Å²) in [7, 11) is 0. The number of Topliss-reactive ketones (excluding diaryl/α,β-unsaturated/α-hetero) is 1. The topological polar surface area (TPSA) is 20.3 Å². The maximum absolute atomic E-state index is 14.2. The van der Waals surface area contributed by atoms with Gasteiger partial charge in [0.2, 0.25) is 0 Å². The molecule has 0 aromatic heterocycles. The average Bonchev–Trinajstić information content (AvgIpc) is 3.29. The van der Waals surface area contributed by atoms with Crippen LogP contribution in [0.2, 0.25) is 0 Å². The molecule has 0 saturated heterocycles. The van der Waals surface area contributed by atoms with E-state index in [9.17, 15) is 9.18 Å². The summed E-state index contributed by atoms with van der Waals surface area (Å²) in [6.45, 7) is 5.86. The minimum Gasteiger partial charge on any atom is -0.297 e. The molecule has 2 aliphatic rings. The van der Waals surface area contributed by atoms with Crippen LogP contribution in [0.5, 0.6) is 0 Å². The summed E-state index contributed by atoms with van der Waals surface area (Å²) < 4.78 is 14.2. The second-order valence-electron chi connectivity index (χ2n) is 6.38. The average molecular weight is 287 g/mol. The lowest BCUT2D eigenvalue weighted by atomic mass is 9.93. The summed E-state index contributed by atoms with van der Waals surface area (Å²) in [5.74, 6) is 0.0785. The molecule has 1 atom stereocenters. The molecule has 0 spiro atoms. The number of ketones is 1. The molecular formula is C18H22FNO. The third-order valence-corrected chi connectivity index (χ3v) is 4.76. The summed E-state index contributed by atoms with van der Waals surface area (Å²) in [5.41, 5.74) is 3.25. The van der Waals surface area contributed by atoms with Crippen LogP contribution in [-0.2, 0) is 4.79 Å². The molecule has 112 valence electrons. The largest absolute Gasteiger partial charge is 0.297 e. The molecule has 1 saturated carbocycles. The van der Waals surface area contributed by atoms with Crippen molar-refractivity contribution in [1.29, 1.82) is 0 Å². The van der Waals surface area contributed by atoms with E-state index in [1.807, 2.05) is 6.07 Å². The molecule has 0 N–H and O–H groups in total. The van der Waals surface area contributed by atoms with Crippen LogP contribution in [-0.4, -0.2) is 23.8 Å².